The Labute approximate surface area is 137 Å². The van der Waals surface area contributed by atoms with E-state index in [-0.39, 0.29) is 18.6 Å². The Morgan fingerprint density at radius 1 is 1.04 bits per heavy atom. The number of aromatic nitrogens is 1. The molecule has 0 bridgehead atoms. The number of aliphatic hydroxyl groups is 1. The summed E-state index contributed by atoms with van der Waals surface area (Å²) in [7, 11) is 0. The van der Waals surface area contributed by atoms with E-state index in [4.69, 9.17) is 0 Å². The van der Waals surface area contributed by atoms with Crippen molar-refractivity contribution in [1.29, 1.82) is 0 Å². The smallest absolute Gasteiger partial charge is 0.220 e. The molecule has 122 valence electrons. The van der Waals surface area contributed by atoms with Crippen molar-refractivity contribution in [2.75, 3.05) is 6.61 Å². The van der Waals surface area contributed by atoms with Crippen LogP contribution in [0.4, 0.5) is 0 Å². The van der Waals surface area contributed by atoms with Crippen LogP contribution in [0.5, 0.6) is 0 Å². The molecule has 0 spiro atoms. The normalized spacial score (nSPS) is 11.9. The van der Waals surface area contributed by atoms with E-state index in [2.05, 4.69) is 9.88 Å². The van der Waals surface area contributed by atoms with Gasteiger partial charge in [-0.3, -0.25) is 4.79 Å². The number of pyridine rings is 1. The summed E-state index contributed by atoms with van der Waals surface area (Å²) in [6, 6.07) is 15.7. The fourth-order valence-electron chi connectivity index (χ4n) is 2.52. The molecule has 2 aromatic rings. The highest BCUT2D eigenvalue weighted by atomic mass is 16.3. The number of carbonyl (C=O) groups excluding carboxylic acids is 1. The van der Waals surface area contributed by atoms with E-state index in [0.29, 0.717) is 12.8 Å². The molecule has 0 saturated heterocycles. The topological polar surface area (TPSA) is 53.2 Å². The Balaban J connectivity index is 1.66. The standard InChI is InChI=1S/C19H24N2O2/c22-16-18(15-17-9-3-1-4-10-17)20-19(23)11-5-8-14-21-12-6-2-7-13-21/h1-4,6-7,9-10,12-13,18,22H,5,8,11,14-16H2/p+1. The fourth-order valence-corrected chi connectivity index (χ4v) is 2.52. The van der Waals surface area contributed by atoms with Crippen molar-refractivity contribution in [2.45, 2.75) is 38.3 Å². The minimum absolute atomic E-state index is 0.0121. The molecule has 1 unspecified atom stereocenters. The molecule has 1 aromatic carbocycles. The molecule has 1 amide bonds. The number of unbranched alkanes of at least 4 members (excludes halogenated alkanes) is 1. The van der Waals surface area contributed by atoms with Gasteiger partial charge in [0.15, 0.2) is 12.4 Å². The first kappa shape index (κ1) is 17.2. The number of nitrogens with zero attached hydrogens (tertiary/aromatic N) is 1. The predicted octanol–water partition coefficient (Wildman–Crippen LogP) is 1.86. The summed E-state index contributed by atoms with van der Waals surface area (Å²) in [5.74, 6) is 0.0121. The lowest BCUT2D eigenvalue weighted by atomic mass is 10.1. The van der Waals surface area contributed by atoms with Crippen LogP contribution in [0.3, 0.4) is 0 Å². The highest BCUT2D eigenvalue weighted by Gasteiger charge is 2.12. The van der Waals surface area contributed by atoms with Crippen LogP contribution >= 0.6 is 0 Å². The van der Waals surface area contributed by atoms with Crippen molar-refractivity contribution in [3.8, 4) is 0 Å². The molecule has 0 saturated carbocycles. The van der Waals surface area contributed by atoms with Crippen molar-refractivity contribution in [2.24, 2.45) is 0 Å². The van der Waals surface area contributed by atoms with Crippen LogP contribution < -0.4 is 9.88 Å². The first-order valence-electron chi connectivity index (χ1n) is 8.16. The highest BCUT2D eigenvalue weighted by molar-refractivity contribution is 5.76. The number of aliphatic hydroxyl groups excluding tert-OH is 1. The van der Waals surface area contributed by atoms with Crippen molar-refractivity contribution in [3.63, 3.8) is 0 Å². The third kappa shape index (κ3) is 6.61. The van der Waals surface area contributed by atoms with Gasteiger partial charge in [0, 0.05) is 25.0 Å². The monoisotopic (exact) mass is 313 g/mol. The average Bonchev–Trinajstić information content (AvgIpc) is 2.60. The molecule has 1 atom stereocenters. The summed E-state index contributed by atoms with van der Waals surface area (Å²) in [4.78, 5) is 12.0. The van der Waals surface area contributed by atoms with Gasteiger partial charge in [-0.25, -0.2) is 4.57 Å². The van der Waals surface area contributed by atoms with E-state index < -0.39 is 0 Å². The van der Waals surface area contributed by atoms with Gasteiger partial charge in [0.2, 0.25) is 5.91 Å². The molecule has 4 heteroatoms. The van der Waals surface area contributed by atoms with Crippen LogP contribution in [0.1, 0.15) is 24.8 Å². The summed E-state index contributed by atoms with van der Waals surface area (Å²) in [6.07, 6.45) is 7.02. The second-order valence-electron chi connectivity index (χ2n) is 5.71. The van der Waals surface area contributed by atoms with Crippen molar-refractivity contribution >= 4 is 5.91 Å². The SMILES string of the molecule is O=C(CCCC[n+]1ccccc1)NC(CO)Cc1ccccc1. The van der Waals surface area contributed by atoms with Crippen LogP contribution in [0.25, 0.3) is 0 Å². The maximum atomic E-state index is 12.0. The summed E-state index contributed by atoms with van der Waals surface area (Å²) in [5.41, 5.74) is 1.12. The Hall–Kier alpha value is -2.20. The third-order valence-corrected chi connectivity index (χ3v) is 3.76. The first-order chi connectivity index (χ1) is 11.3. The number of hydrogen-bond acceptors (Lipinski definition) is 2. The van der Waals surface area contributed by atoms with Crippen LogP contribution in [0.2, 0.25) is 0 Å². The van der Waals surface area contributed by atoms with E-state index in [9.17, 15) is 9.90 Å². The number of amides is 1. The number of carbonyl (C=O) groups is 1. The van der Waals surface area contributed by atoms with Gasteiger partial charge in [0.25, 0.3) is 0 Å². The molecule has 2 N–H and O–H groups in total. The van der Waals surface area contributed by atoms with Gasteiger partial charge in [-0.1, -0.05) is 36.4 Å². The molecule has 0 aliphatic heterocycles. The molecule has 0 radical (unpaired) electrons. The number of aryl methyl sites for hydroxylation is 1. The lowest BCUT2D eigenvalue weighted by Crippen LogP contribution is -2.39. The second kappa shape index (κ2) is 9.74. The van der Waals surface area contributed by atoms with E-state index in [1.165, 1.54) is 0 Å². The molecule has 4 nitrogen and oxygen atoms in total. The lowest BCUT2D eigenvalue weighted by Gasteiger charge is -2.16. The molecular formula is C19H25N2O2+. The van der Waals surface area contributed by atoms with Gasteiger partial charge < -0.3 is 10.4 Å². The first-order valence-corrected chi connectivity index (χ1v) is 8.16. The zero-order chi connectivity index (χ0) is 16.3. The summed E-state index contributed by atoms with van der Waals surface area (Å²) in [5, 5.41) is 12.4. The Morgan fingerprint density at radius 2 is 1.74 bits per heavy atom. The Kier molecular flexibility index (Phi) is 7.27. The van der Waals surface area contributed by atoms with E-state index in [1.807, 2.05) is 60.9 Å². The van der Waals surface area contributed by atoms with Crippen molar-refractivity contribution in [1.82, 2.24) is 5.32 Å². The van der Waals surface area contributed by atoms with Gasteiger partial charge in [0.1, 0.15) is 6.54 Å². The minimum Gasteiger partial charge on any atom is -0.394 e. The lowest BCUT2D eigenvalue weighted by molar-refractivity contribution is -0.697. The zero-order valence-electron chi connectivity index (χ0n) is 13.4. The minimum atomic E-state index is -0.214. The van der Waals surface area contributed by atoms with Crippen LogP contribution in [-0.4, -0.2) is 23.7 Å². The summed E-state index contributed by atoms with van der Waals surface area (Å²) in [6.45, 7) is 0.877. The number of nitrogens with one attached hydrogen (secondary N) is 1. The van der Waals surface area contributed by atoms with Gasteiger partial charge >= 0.3 is 0 Å². The third-order valence-electron chi connectivity index (χ3n) is 3.76. The maximum absolute atomic E-state index is 12.0. The zero-order valence-corrected chi connectivity index (χ0v) is 13.4. The average molecular weight is 313 g/mol. The van der Waals surface area contributed by atoms with Gasteiger partial charge in [-0.05, 0) is 18.4 Å². The molecular weight excluding hydrogens is 288 g/mol. The molecule has 1 aromatic heterocycles. The molecule has 1 heterocycles. The van der Waals surface area contributed by atoms with E-state index in [0.717, 1.165) is 24.9 Å². The van der Waals surface area contributed by atoms with Gasteiger partial charge in [-0.15, -0.1) is 0 Å². The van der Waals surface area contributed by atoms with E-state index in [1.54, 1.807) is 0 Å². The van der Waals surface area contributed by atoms with Crippen molar-refractivity contribution < 1.29 is 14.5 Å². The van der Waals surface area contributed by atoms with Crippen LogP contribution in [0, 0.1) is 0 Å². The quantitative estimate of drug-likeness (QED) is 0.548. The predicted molar refractivity (Wildman–Crippen MR) is 89.7 cm³/mol. The molecule has 0 aliphatic rings. The summed E-state index contributed by atoms with van der Waals surface area (Å²) < 4.78 is 2.11. The largest absolute Gasteiger partial charge is 0.394 e. The molecule has 23 heavy (non-hydrogen) atoms. The Bertz CT molecular complexity index is 572. The van der Waals surface area contributed by atoms with Gasteiger partial charge in [-0.2, -0.15) is 0 Å². The van der Waals surface area contributed by atoms with Crippen LogP contribution in [-0.2, 0) is 17.8 Å². The number of rotatable bonds is 9. The fraction of sp³-hybridized carbons (Fsp3) is 0.368. The Morgan fingerprint density at radius 3 is 2.43 bits per heavy atom. The van der Waals surface area contributed by atoms with Crippen LogP contribution in [0.15, 0.2) is 60.9 Å². The van der Waals surface area contributed by atoms with E-state index >= 15 is 0 Å². The molecule has 0 fully saturated rings. The number of benzene rings is 1. The second-order valence-corrected chi connectivity index (χ2v) is 5.71. The van der Waals surface area contributed by atoms with Crippen molar-refractivity contribution in [3.05, 3.63) is 66.5 Å². The van der Waals surface area contributed by atoms with Gasteiger partial charge in [0.05, 0.1) is 12.6 Å². The maximum Gasteiger partial charge on any atom is 0.220 e. The number of hydrogen-bond donors (Lipinski definition) is 2. The molecule has 2 rings (SSSR count). The molecule has 0 aliphatic carbocycles. The highest BCUT2D eigenvalue weighted by Crippen LogP contribution is 2.04. The summed E-state index contributed by atoms with van der Waals surface area (Å²) >= 11 is 0.